The first kappa shape index (κ1) is 86.3. The van der Waals surface area contributed by atoms with Gasteiger partial charge in [0.25, 0.3) is 0 Å². The van der Waals surface area contributed by atoms with Crippen LogP contribution >= 0.6 is 11.8 Å². The highest BCUT2D eigenvalue weighted by molar-refractivity contribution is 7.99. The van der Waals surface area contributed by atoms with Gasteiger partial charge < -0.3 is 66.0 Å². The van der Waals surface area contributed by atoms with Crippen molar-refractivity contribution in [3.05, 3.63) is 12.2 Å². The molecule has 7 N–H and O–H groups in total. The molecular formula is C68H123N11O14S. The van der Waals surface area contributed by atoms with Crippen LogP contribution in [0.25, 0.3) is 0 Å². The molecule has 0 aromatic carbocycles. The molecule has 26 heteroatoms. The second kappa shape index (κ2) is 40.1. The molecule has 1 aliphatic rings. The fraction of sp³-hybridized carbons (Fsp3) is 0.809. The number of nitrogens with one attached hydrogen (secondary N) is 4. The fourth-order valence-corrected chi connectivity index (χ4v) is 12.9. The second-order valence-corrected chi connectivity index (χ2v) is 29.8. The van der Waals surface area contributed by atoms with Crippen LogP contribution in [0.4, 0.5) is 0 Å². The van der Waals surface area contributed by atoms with Crippen molar-refractivity contribution in [2.24, 2.45) is 35.5 Å². The lowest BCUT2D eigenvalue weighted by molar-refractivity contribution is -0.157. The van der Waals surface area contributed by atoms with Crippen LogP contribution in [-0.4, -0.2) is 267 Å². The number of hydrogen-bond donors (Lipinski definition) is 7. The Morgan fingerprint density at radius 2 is 1.01 bits per heavy atom. The molecule has 1 heterocycles. The summed E-state index contributed by atoms with van der Waals surface area (Å²) < 4.78 is 0. The van der Waals surface area contributed by atoms with Gasteiger partial charge in [-0.05, 0) is 128 Å². The molecule has 0 aliphatic carbocycles. The standard InChI is InChI=1S/C68H123N11O14S/c1-25-27-30-44(13)57(82)56-61(86)71-47(26-2)63(88)77(22)52(38-94-32-29-28-31-80)53(81)37-73(18)51(36-68(16,17)93)60(85)72-54(42(9)10)66(91)74(19)48(33-39(3)4)59(84)69-45(14)58(83)70-46(15)62(87)75(20)49(34-40(5)6)64(89)76(21)50(35-41(7)8)65(90)78(23)55(43(11)12)67(92)79(56)24/h25,27,39-52,54-57,80,82,93H,26,28-38H2,1-24H3,(H,69,84)(H,70,83)(H,71,86)(H,72,85)/t44-,45+,46-,47+,48+,49+,50+,51+,52-,54+,55+,56+,57-/m1/s1. The minimum absolute atomic E-state index is 0.0123. The van der Waals surface area contributed by atoms with Gasteiger partial charge >= 0.3 is 0 Å². The number of hydrogen-bond acceptors (Lipinski definition) is 16. The number of allylic oxidation sites excluding steroid dienone is 2. The molecule has 540 valence electrons. The molecule has 0 aromatic rings. The zero-order chi connectivity index (χ0) is 72.7. The Labute approximate surface area is 566 Å². The zero-order valence-electron chi connectivity index (χ0n) is 61.4. The molecule has 25 nitrogen and oxygen atoms in total. The van der Waals surface area contributed by atoms with E-state index in [1.807, 2.05) is 41.5 Å². The van der Waals surface area contributed by atoms with Crippen LogP contribution in [0.1, 0.15) is 169 Å². The molecule has 0 saturated carbocycles. The molecule has 0 radical (unpaired) electrons. The van der Waals surface area contributed by atoms with Crippen LogP contribution in [0, 0.1) is 35.5 Å². The van der Waals surface area contributed by atoms with E-state index in [9.17, 15) is 48.9 Å². The van der Waals surface area contributed by atoms with E-state index in [1.54, 1.807) is 60.6 Å². The summed E-state index contributed by atoms with van der Waals surface area (Å²) in [5.41, 5.74) is -1.51. The normalized spacial score (nSPS) is 26.7. The topological polar surface area (TPSA) is 319 Å². The number of aliphatic hydroxyl groups excluding tert-OH is 2. The number of unbranched alkanes of at least 4 members (excludes halogenated alkanes) is 1. The van der Waals surface area contributed by atoms with Crippen LogP contribution in [0.3, 0.4) is 0 Å². The van der Waals surface area contributed by atoms with Gasteiger partial charge in [-0.1, -0.05) is 95.2 Å². The number of likely N-dealkylation sites (N-methyl/N-ethyl adjacent to an activating group) is 7. The molecule has 94 heavy (non-hydrogen) atoms. The summed E-state index contributed by atoms with van der Waals surface area (Å²) in [4.78, 5) is 172. The Balaban J connectivity index is 4.50. The van der Waals surface area contributed by atoms with E-state index in [0.717, 1.165) is 4.90 Å². The van der Waals surface area contributed by atoms with Gasteiger partial charge in [0.2, 0.25) is 59.1 Å². The van der Waals surface area contributed by atoms with Gasteiger partial charge in [0.1, 0.15) is 60.4 Å². The third kappa shape index (κ3) is 25.7. The predicted octanol–water partition coefficient (Wildman–Crippen LogP) is 3.30. The minimum atomic E-state index is -1.65. The van der Waals surface area contributed by atoms with Crippen molar-refractivity contribution in [3.8, 4) is 0 Å². The van der Waals surface area contributed by atoms with Gasteiger partial charge in [0, 0.05) is 61.1 Å². The molecule has 1 saturated heterocycles. The monoisotopic (exact) mass is 1350 g/mol. The highest BCUT2D eigenvalue weighted by atomic mass is 32.2. The molecular weight excluding hydrogens is 1230 g/mol. The van der Waals surface area contributed by atoms with E-state index in [2.05, 4.69) is 21.3 Å². The quantitative estimate of drug-likeness (QED) is 0.0641. The molecule has 13 atom stereocenters. The minimum Gasteiger partial charge on any atom is -0.396 e. The fourth-order valence-electron chi connectivity index (χ4n) is 11.7. The molecule has 0 spiro atoms. The van der Waals surface area contributed by atoms with Gasteiger partial charge in [0.15, 0.2) is 5.78 Å². The van der Waals surface area contributed by atoms with Crippen LogP contribution in [-0.2, 0) is 52.7 Å². The third-order valence-electron chi connectivity index (χ3n) is 17.6. The molecule has 1 aliphatic heterocycles. The number of amides is 10. The maximum Gasteiger partial charge on any atom is 0.246 e. The molecule has 1 fully saturated rings. The number of aliphatic hydroxyl groups is 3. The molecule has 0 aromatic heterocycles. The SMILES string of the molecule is CC=CC[C@@H](C)[C@@H](O)[C@H]1C(=O)N[C@@H](CC)C(=O)N(C)[C@H](CSCCCCO)C(=O)CN(C)[C@@H](CC(C)(C)O)C(=O)N[C@@H](C(C)C)C(=O)N(C)[C@@H](CC(C)C)C(=O)N[C@@H](C)C(=O)N[C@H](C)C(=O)N(C)[C@@H](CC(C)C)C(=O)N(C)[C@@H](CC(C)C)C(=O)N(C)[C@@H](C(C)C)C(=O)N1C. The Hall–Kier alpha value is -5.70. The van der Waals surface area contributed by atoms with E-state index in [1.165, 1.54) is 118 Å². The summed E-state index contributed by atoms with van der Waals surface area (Å²) in [6.45, 7) is 28.5. The van der Waals surface area contributed by atoms with Crippen LogP contribution in [0.5, 0.6) is 0 Å². The lowest BCUT2D eigenvalue weighted by Gasteiger charge is -2.41. The smallest absolute Gasteiger partial charge is 0.246 e. The summed E-state index contributed by atoms with van der Waals surface area (Å²) in [7, 11) is 10.0. The van der Waals surface area contributed by atoms with Crippen molar-refractivity contribution in [1.29, 1.82) is 0 Å². The maximum atomic E-state index is 15.3. The van der Waals surface area contributed by atoms with Crippen molar-refractivity contribution in [3.63, 3.8) is 0 Å². The Bertz CT molecular complexity index is 2540. The summed E-state index contributed by atoms with van der Waals surface area (Å²) in [5, 5.41) is 44.1. The van der Waals surface area contributed by atoms with Crippen molar-refractivity contribution in [2.45, 2.75) is 247 Å². The van der Waals surface area contributed by atoms with Gasteiger partial charge in [-0.3, -0.25) is 57.6 Å². The maximum absolute atomic E-state index is 15.3. The van der Waals surface area contributed by atoms with Crippen molar-refractivity contribution < 1.29 is 68.1 Å². The number of carbonyl (C=O) groups excluding carboxylic acids is 11. The summed E-state index contributed by atoms with van der Waals surface area (Å²) in [6.07, 6.45) is 3.55. The first-order valence-electron chi connectivity index (χ1n) is 33.7. The zero-order valence-corrected chi connectivity index (χ0v) is 62.2. The van der Waals surface area contributed by atoms with E-state index < -0.39 is 167 Å². The Morgan fingerprint density at radius 3 is 1.49 bits per heavy atom. The average molecular weight is 1350 g/mol. The largest absolute Gasteiger partial charge is 0.396 e. The Morgan fingerprint density at radius 1 is 0.543 bits per heavy atom. The van der Waals surface area contributed by atoms with Gasteiger partial charge in [-0.2, -0.15) is 11.8 Å². The number of ketones is 1. The summed E-state index contributed by atoms with van der Waals surface area (Å²) in [6, 6.07) is -14.0. The average Bonchev–Trinajstić information content (AvgIpc) is 0.814. The van der Waals surface area contributed by atoms with Crippen molar-refractivity contribution >= 4 is 76.6 Å². The molecule has 0 bridgehead atoms. The van der Waals surface area contributed by atoms with E-state index in [0.29, 0.717) is 18.6 Å². The summed E-state index contributed by atoms with van der Waals surface area (Å²) >= 11 is 1.35. The Kier molecular flexibility index (Phi) is 36.8. The van der Waals surface area contributed by atoms with E-state index >= 15 is 19.2 Å². The van der Waals surface area contributed by atoms with Crippen LogP contribution in [0.2, 0.25) is 0 Å². The number of Topliss-reactive ketones (excluding diaryl/α,β-unsaturated/α-hetero) is 1. The predicted molar refractivity (Wildman–Crippen MR) is 367 cm³/mol. The lowest BCUT2D eigenvalue weighted by Crippen LogP contribution is -2.64. The van der Waals surface area contributed by atoms with E-state index in [4.69, 9.17) is 0 Å². The van der Waals surface area contributed by atoms with Crippen molar-refractivity contribution in [1.82, 2.24) is 55.6 Å². The second-order valence-electron chi connectivity index (χ2n) is 28.6. The lowest BCUT2D eigenvalue weighted by atomic mass is 9.91. The highest BCUT2D eigenvalue weighted by Crippen LogP contribution is 2.26. The number of thioether (sulfide) groups is 1. The third-order valence-corrected chi connectivity index (χ3v) is 18.7. The van der Waals surface area contributed by atoms with Crippen LogP contribution < -0.4 is 21.3 Å². The van der Waals surface area contributed by atoms with Gasteiger partial charge in [-0.25, -0.2) is 0 Å². The number of rotatable bonds is 21. The van der Waals surface area contributed by atoms with Gasteiger partial charge in [0.05, 0.1) is 24.3 Å². The number of carbonyl (C=O) groups is 11. The first-order valence-corrected chi connectivity index (χ1v) is 34.9. The molecule has 10 amide bonds. The first-order chi connectivity index (χ1) is 43.4. The highest BCUT2D eigenvalue weighted by Gasteiger charge is 2.46. The summed E-state index contributed by atoms with van der Waals surface area (Å²) in [5.74, 6) is -9.35. The van der Waals surface area contributed by atoms with Crippen LogP contribution in [0.15, 0.2) is 12.2 Å². The van der Waals surface area contributed by atoms with Gasteiger partial charge in [-0.15, -0.1) is 0 Å². The van der Waals surface area contributed by atoms with Crippen molar-refractivity contribution in [2.75, 3.05) is 74.0 Å². The molecule has 0 unspecified atom stereocenters. The molecule has 1 rings (SSSR count). The number of nitrogens with zero attached hydrogens (tertiary/aromatic N) is 7. The van der Waals surface area contributed by atoms with E-state index in [-0.39, 0.29) is 68.6 Å².